The number of carboxylic acids is 1. The Hall–Kier alpha value is -1.85. The number of carbonyl (C=O) groups is 4. The number of thioether (sulfide) groups is 1. The molecule has 0 saturated heterocycles. The molecule has 11 heteroatoms. The summed E-state index contributed by atoms with van der Waals surface area (Å²) >= 11 is 1.53. The van der Waals surface area contributed by atoms with E-state index in [0.717, 1.165) is 6.42 Å². The van der Waals surface area contributed by atoms with Gasteiger partial charge in [0.1, 0.15) is 18.6 Å². The van der Waals surface area contributed by atoms with Crippen LogP contribution in [0, 0.1) is 5.92 Å². The average molecular weight is 448 g/mol. The van der Waals surface area contributed by atoms with Gasteiger partial charge in [0.25, 0.3) is 0 Å². The molecule has 0 aliphatic carbocycles. The molecule has 0 aliphatic heterocycles. The standard InChI is InChI=1S/C19H37N5O5S/c1-4-12(2)16(19(29)22-11-15(25)26)24-18(28)14(8-10-30-3)23-17(27)13(21)7-5-6-9-20/h12-14,16H,4-11,20-21H2,1-3H3,(H,22,29)(H,23,27)(H,24,28)(H,25,26). The smallest absolute Gasteiger partial charge is 0.322 e. The number of amides is 3. The van der Waals surface area contributed by atoms with Gasteiger partial charge in [-0.05, 0) is 43.7 Å². The average Bonchev–Trinajstić information content (AvgIpc) is 2.72. The number of carbonyl (C=O) groups excluding carboxylic acids is 3. The first-order valence-electron chi connectivity index (χ1n) is 10.2. The second-order valence-electron chi connectivity index (χ2n) is 7.22. The highest BCUT2D eigenvalue weighted by molar-refractivity contribution is 7.98. The van der Waals surface area contributed by atoms with E-state index in [1.165, 1.54) is 11.8 Å². The Morgan fingerprint density at radius 1 is 1.03 bits per heavy atom. The number of unbranched alkanes of at least 4 members (excludes halogenated alkanes) is 1. The molecule has 4 atom stereocenters. The Balaban J connectivity index is 5.15. The monoisotopic (exact) mass is 447 g/mol. The van der Waals surface area contributed by atoms with E-state index in [0.29, 0.717) is 38.0 Å². The zero-order chi connectivity index (χ0) is 23.1. The molecule has 0 radical (unpaired) electrons. The minimum absolute atomic E-state index is 0.224. The Morgan fingerprint density at radius 3 is 2.23 bits per heavy atom. The highest BCUT2D eigenvalue weighted by atomic mass is 32.2. The Bertz CT molecular complexity index is 563. The molecule has 30 heavy (non-hydrogen) atoms. The van der Waals surface area contributed by atoms with Crippen LogP contribution < -0.4 is 27.4 Å². The van der Waals surface area contributed by atoms with Gasteiger partial charge in [-0.2, -0.15) is 11.8 Å². The highest BCUT2D eigenvalue weighted by Crippen LogP contribution is 2.10. The minimum atomic E-state index is -1.17. The lowest BCUT2D eigenvalue weighted by Gasteiger charge is -2.27. The Morgan fingerprint density at radius 2 is 1.70 bits per heavy atom. The van der Waals surface area contributed by atoms with Crippen LogP contribution in [0.25, 0.3) is 0 Å². The van der Waals surface area contributed by atoms with Gasteiger partial charge in [0.15, 0.2) is 0 Å². The van der Waals surface area contributed by atoms with E-state index >= 15 is 0 Å². The SMILES string of the molecule is CCC(C)C(NC(=O)C(CCSC)NC(=O)C(N)CCCCN)C(=O)NCC(=O)O. The van der Waals surface area contributed by atoms with E-state index in [1.807, 2.05) is 13.2 Å². The molecule has 0 fully saturated rings. The normalized spacial score (nSPS) is 14.8. The first-order valence-corrected chi connectivity index (χ1v) is 11.6. The van der Waals surface area contributed by atoms with Crippen LogP contribution in [-0.4, -0.2) is 72.0 Å². The first kappa shape index (κ1) is 28.1. The van der Waals surface area contributed by atoms with Crippen LogP contribution in [0.1, 0.15) is 46.0 Å². The third kappa shape index (κ3) is 11.4. The third-order valence-electron chi connectivity index (χ3n) is 4.76. The zero-order valence-electron chi connectivity index (χ0n) is 18.1. The van der Waals surface area contributed by atoms with E-state index < -0.39 is 48.4 Å². The molecule has 3 amide bonds. The van der Waals surface area contributed by atoms with Crippen molar-refractivity contribution in [2.24, 2.45) is 17.4 Å². The summed E-state index contributed by atoms with van der Waals surface area (Å²) in [7, 11) is 0. The summed E-state index contributed by atoms with van der Waals surface area (Å²) in [6, 6.07) is -2.50. The summed E-state index contributed by atoms with van der Waals surface area (Å²) in [4.78, 5) is 48.4. The molecule has 0 saturated carbocycles. The molecule has 0 aromatic carbocycles. The second-order valence-corrected chi connectivity index (χ2v) is 8.20. The maximum atomic E-state index is 12.9. The summed E-state index contributed by atoms with van der Waals surface area (Å²) in [5.74, 6) is -2.27. The zero-order valence-corrected chi connectivity index (χ0v) is 18.9. The highest BCUT2D eigenvalue weighted by Gasteiger charge is 2.30. The molecule has 0 heterocycles. The van der Waals surface area contributed by atoms with Gasteiger partial charge in [-0.15, -0.1) is 0 Å². The van der Waals surface area contributed by atoms with Gasteiger partial charge < -0.3 is 32.5 Å². The van der Waals surface area contributed by atoms with E-state index in [-0.39, 0.29) is 5.92 Å². The maximum Gasteiger partial charge on any atom is 0.322 e. The number of nitrogens with one attached hydrogen (secondary N) is 3. The second kappa shape index (κ2) is 15.9. The lowest BCUT2D eigenvalue weighted by molar-refractivity contribution is -0.139. The third-order valence-corrected chi connectivity index (χ3v) is 5.40. The summed E-state index contributed by atoms with van der Waals surface area (Å²) in [6.07, 6.45) is 4.80. The van der Waals surface area contributed by atoms with Crippen molar-refractivity contribution in [3.05, 3.63) is 0 Å². The Labute approximate surface area is 182 Å². The maximum absolute atomic E-state index is 12.9. The fourth-order valence-electron chi connectivity index (χ4n) is 2.65. The van der Waals surface area contributed by atoms with Crippen LogP contribution in [0.2, 0.25) is 0 Å². The van der Waals surface area contributed by atoms with Crippen molar-refractivity contribution in [1.82, 2.24) is 16.0 Å². The van der Waals surface area contributed by atoms with Gasteiger partial charge in [-0.3, -0.25) is 19.2 Å². The molecular formula is C19H37N5O5S. The summed E-state index contributed by atoms with van der Waals surface area (Å²) in [5, 5.41) is 16.4. The van der Waals surface area contributed by atoms with Gasteiger partial charge in [0.2, 0.25) is 17.7 Å². The van der Waals surface area contributed by atoms with Gasteiger partial charge in [0, 0.05) is 0 Å². The molecule has 0 aliphatic rings. The molecule has 8 N–H and O–H groups in total. The molecule has 0 rings (SSSR count). The van der Waals surface area contributed by atoms with Crippen LogP contribution in [-0.2, 0) is 19.2 Å². The first-order chi connectivity index (χ1) is 14.2. The van der Waals surface area contributed by atoms with E-state index in [1.54, 1.807) is 6.92 Å². The van der Waals surface area contributed by atoms with E-state index in [9.17, 15) is 19.2 Å². The summed E-state index contributed by atoms with van der Waals surface area (Å²) in [6.45, 7) is 3.63. The van der Waals surface area contributed by atoms with Crippen molar-refractivity contribution in [3.8, 4) is 0 Å². The number of rotatable bonds is 16. The number of hydrogen-bond donors (Lipinski definition) is 6. The molecule has 0 aromatic heterocycles. The molecule has 174 valence electrons. The minimum Gasteiger partial charge on any atom is -0.480 e. The summed E-state index contributed by atoms with van der Waals surface area (Å²) < 4.78 is 0. The van der Waals surface area contributed by atoms with Crippen LogP contribution in [0.3, 0.4) is 0 Å². The number of carboxylic acid groups (broad SMARTS) is 1. The molecule has 0 spiro atoms. The van der Waals surface area contributed by atoms with Crippen LogP contribution in [0.15, 0.2) is 0 Å². The van der Waals surface area contributed by atoms with Crippen molar-refractivity contribution in [1.29, 1.82) is 0 Å². The van der Waals surface area contributed by atoms with Gasteiger partial charge in [-0.25, -0.2) is 0 Å². The fourth-order valence-corrected chi connectivity index (χ4v) is 3.12. The topological polar surface area (TPSA) is 177 Å². The van der Waals surface area contributed by atoms with Crippen molar-refractivity contribution in [2.75, 3.05) is 25.1 Å². The quantitative estimate of drug-likeness (QED) is 0.170. The lowest BCUT2D eigenvalue weighted by atomic mass is 9.97. The van der Waals surface area contributed by atoms with Crippen molar-refractivity contribution >= 4 is 35.5 Å². The Kier molecular flexibility index (Phi) is 14.9. The fraction of sp³-hybridized carbons (Fsp3) is 0.789. The van der Waals surface area contributed by atoms with Crippen molar-refractivity contribution < 1.29 is 24.3 Å². The van der Waals surface area contributed by atoms with Crippen LogP contribution >= 0.6 is 11.8 Å². The predicted molar refractivity (Wildman–Crippen MR) is 118 cm³/mol. The molecule has 0 bridgehead atoms. The molecule has 4 unspecified atom stereocenters. The van der Waals surface area contributed by atoms with E-state index in [4.69, 9.17) is 16.6 Å². The van der Waals surface area contributed by atoms with Crippen LogP contribution in [0.4, 0.5) is 0 Å². The molecule has 10 nitrogen and oxygen atoms in total. The largest absolute Gasteiger partial charge is 0.480 e. The van der Waals surface area contributed by atoms with Crippen molar-refractivity contribution in [2.45, 2.75) is 64.1 Å². The predicted octanol–water partition coefficient (Wildman–Crippen LogP) is -0.588. The van der Waals surface area contributed by atoms with Gasteiger partial charge >= 0.3 is 5.97 Å². The van der Waals surface area contributed by atoms with Gasteiger partial charge in [0.05, 0.1) is 6.04 Å². The van der Waals surface area contributed by atoms with Crippen molar-refractivity contribution in [3.63, 3.8) is 0 Å². The molecule has 0 aromatic rings. The summed E-state index contributed by atoms with van der Waals surface area (Å²) in [5.41, 5.74) is 11.4. The number of nitrogens with two attached hydrogens (primary N) is 2. The van der Waals surface area contributed by atoms with Crippen LogP contribution in [0.5, 0.6) is 0 Å². The number of hydrogen-bond acceptors (Lipinski definition) is 7. The van der Waals surface area contributed by atoms with Gasteiger partial charge in [-0.1, -0.05) is 26.7 Å². The lowest BCUT2D eigenvalue weighted by Crippen LogP contribution is -2.57. The molecular weight excluding hydrogens is 410 g/mol. The van der Waals surface area contributed by atoms with E-state index in [2.05, 4.69) is 16.0 Å². The number of aliphatic carboxylic acids is 1.